The molecular formula is C20H27N5O3. The highest BCUT2D eigenvalue weighted by molar-refractivity contribution is 5.12. The van der Waals surface area contributed by atoms with E-state index in [0.29, 0.717) is 24.3 Å². The Bertz CT molecular complexity index is 861. The van der Waals surface area contributed by atoms with Crippen LogP contribution in [0.3, 0.4) is 0 Å². The molecule has 2 aromatic rings. The molecule has 0 amide bonds. The maximum Gasteiger partial charge on any atom is 0.253 e. The Balaban J connectivity index is 1.12. The number of hydrogen-bond donors (Lipinski definition) is 0. The van der Waals surface area contributed by atoms with E-state index in [4.69, 9.17) is 9.26 Å². The predicted octanol–water partition coefficient (Wildman–Crippen LogP) is 1.92. The van der Waals surface area contributed by atoms with Crippen molar-refractivity contribution in [1.82, 2.24) is 24.6 Å². The minimum atomic E-state index is 0.0922. The van der Waals surface area contributed by atoms with E-state index in [-0.39, 0.29) is 11.5 Å². The second-order valence-electron chi connectivity index (χ2n) is 8.41. The Morgan fingerprint density at radius 2 is 1.96 bits per heavy atom. The molecule has 1 unspecified atom stereocenters. The fraction of sp³-hybridized carbons (Fsp3) is 0.700. The van der Waals surface area contributed by atoms with Gasteiger partial charge in [-0.05, 0) is 51.1 Å². The monoisotopic (exact) mass is 385 g/mol. The lowest BCUT2D eigenvalue weighted by Crippen LogP contribution is -2.36. The van der Waals surface area contributed by atoms with Gasteiger partial charge >= 0.3 is 0 Å². The van der Waals surface area contributed by atoms with E-state index in [1.165, 1.54) is 12.8 Å². The smallest absolute Gasteiger partial charge is 0.253 e. The van der Waals surface area contributed by atoms with E-state index in [0.717, 1.165) is 63.6 Å². The molecule has 3 fully saturated rings. The van der Waals surface area contributed by atoms with E-state index >= 15 is 0 Å². The SMILES string of the molecule is O=c1cc(C2CC2)ncn1CC1CCN(Cc2noc(C3CCOC3)n2)CC1. The molecule has 3 aliphatic rings. The average molecular weight is 385 g/mol. The maximum absolute atomic E-state index is 12.3. The first-order chi connectivity index (χ1) is 13.7. The summed E-state index contributed by atoms with van der Waals surface area (Å²) in [6.07, 6.45) is 7.19. The first kappa shape index (κ1) is 18.0. The van der Waals surface area contributed by atoms with Crippen molar-refractivity contribution in [3.8, 4) is 0 Å². The van der Waals surface area contributed by atoms with Gasteiger partial charge in [0.1, 0.15) is 0 Å². The minimum absolute atomic E-state index is 0.0922. The summed E-state index contributed by atoms with van der Waals surface area (Å²) in [6.45, 7) is 4.92. The standard InChI is InChI=1S/C20H27N5O3/c26-19-9-17(15-1-2-15)21-13-25(19)10-14-3-6-24(7-4-14)11-18-22-20(28-23-18)16-5-8-27-12-16/h9,13-16H,1-8,10-12H2. The molecule has 1 atom stereocenters. The van der Waals surface area contributed by atoms with E-state index in [9.17, 15) is 4.79 Å². The highest BCUT2D eigenvalue weighted by atomic mass is 16.5. The molecule has 2 aliphatic heterocycles. The molecule has 2 saturated heterocycles. The Morgan fingerprint density at radius 1 is 1.11 bits per heavy atom. The molecule has 1 saturated carbocycles. The number of hydrogen-bond acceptors (Lipinski definition) is 7. The number of aromatic nitrogens is 4. The first-order valence-corrected chi connectivity index (χ1v) is 10.4. The van der Waals surface area contributed by atoms with E-state index in [1.807, 2.05) is 0 Å². The Hall–Kier alpha value is -2.06. The molecule has 2 aromatic heterocycles. The number of ether oxygens (including phenoxy) is 1. The van der Waals surface area contributed by atoms with Crippen molar-refractivity contribution in [2.75, 3.05) is 26.3 Å². The van der Waals surface area contributed by atoms with Gasteiger partial charge < -0.3 is 9.26 Å². The quantitative estimate of drug-likeness (QED) is 0.751. The average Bonchev–Trinajstić information content (AvgIpc) is 3.21. The summed E-state index contributed by atoms with van der Waals surface area (Å²) < 4.78 is 12.6. The van der Waals surface area contributed by atoms with Crippen molar-refractivity contribution in [1.29, 1.82) is 0 Å². The van der Waals surface area contributed by atoms with Gasteiger partial charge in [-0.2, -0.15) is 4.98 Å². The topological polar surface area (TPSA) is 86.3 Å². The third-order valence-electron chi connectivity index (χ3n) is 6.19. The Kier molecular flexibility index (Phi) is 4.98. The van der Waals surface area contributed by atoms with Crippen LogP contribution in [0.1, 0.15) is 61.3 Å². The van der Waals surface area contributed by atoms with Gasteiger partial charge in [-0.3, -0.25) is 14.3 Å². The van der Waals surface area contributed by atoms with E-state index in [2.05, 4.69) is 20.0 Å². The number of piperidine rings is 1. The van der Waals surface area contributed by atoms with Gasteiger partial charge in [0.15, 0.2) is 5.82 Å². The fourth-order valence-corrected chi connectivity index (χ4v) is 4.21. The molecule has 0 radical (unpaired) electrons. The summed E-state index contributed by atoms with van der Waals surface area (Å²) in [4.78, 5) is 23.8. The molecule has 0 N–H and O–H groups in total. The third-order valence-corrected chi connectivity index (χ3v) is 6.19. The minimum Gasteiger partial charge on any atom is -0.381 e. The molecule has 1 aliphatic carbocycles. The normalized spacial score (nSPS) is 24.1. The maximum atomic E-state index is 12.3. The number of nitrogens with zero attached hydrogens (tertiary/aromatic N) is 5. The molecule has 0 bridgehead atoms. The van der Waals surface area contributed by atoms with Crippen LogP contribution in [0, 0.1) is 5.92 Å². The largest absolute Gasteiger partial charge is 0.381 e. The van der Waals surface area contributed by atoms with Crippen molar-refractivity contribution >= 4 is 0 Å². The lowest BCUT2D eigenvalue weighted by atomic mass is 9.96. The Labute approximate surface area is 163 Å². The van der Waals surface area contributed by atoms with Crippen molar-refractivity contribution in [3.63, 3.8) is 0 Å². The van der Waals surface area contributed by atoms with Gasteiger partial charge in [0.05, 0.1) is 31.1 Å². The zero-order valence-electron chi connectivity index (χ0n) is 16.1. The van der Waals surface area contributed by atoms with Crippen molar-refractivity contribution in [2.45, 2.75) is 57.0 Å². The van der Waals surface area contributed by atoms with Crippen LogP contribution in [-0.4, -0.2) is 50.9 Å². The number of likely N-dealkylation sites (tertiary alicyclic amines) is 1. The molecular weight excluding hydrogens is 358 g/mol. The molecule has 150 valence electrons. The molecule has 0 aromatic carbocycles. The van der Waals surface area contributed by atoms with E-state index in [1.54, 1.807) is 17.0 Å². The second-order valence-corrected chi connectivity index (χ2v) is 8.41. The van der Waals surface area contributed by atoms with Crippen molar-refractivity contribution < 1.29 is 9.26 Å². The molecule has 0 spiro atoms. The highest BCUT2D eigenvalue weighted by Gasteiger charge is 2.27. The summed E-state index contributed by atoms with van der Waals surface area (Å²) in [5, 5.41) is 4.14. The van der Waals surface area contributed by atoms with Crippen molar-refractivity contribution in [3.05, 3.63) is 40.2 Å². The van der Waals surface area contributed by atoms with Gasteiger partial charge in [0.2, 0.25) is 5.89 Å². The summed E-state index contributed by atoms with van der Waals surface area (Å²) in [6, 6.07) is 1.73. The summed E-state index contributed by atoms with van der Waals surface area (Å²) in [5.74, 6) is 2.77. The molecule has 28 heavy (non-hydrogen) atoms. The Morgan fingerprint density at radius 3 is 2.68 bits per heavy atom. The second kappa shape index (κ2) is 7.75. The fourth-order valence-electron chi connectivity index (χ4n) is 4.21. The van der Waals surface area contributed by atoms with Gasteiger partial charge in [0, 0.05) is 25.1 Å². The molecule has 4 heterocycles. The lowest BCUT2D eigenvalue weighted by molar-refractivity contribution is 0.161. The lowest BCUT2D eigenvalue weighted by Gasteiger charge is -2.31. The van der Waals surface area contributed by atoms with Gasteiger partial charge in [-0.1, -0.05) is 5.16 Å². The number of rotatable bonds is 6. The van der Waals surface area contributed by atoms with Crippen LogP contribution in [0.2, 0.25) is 0 Å². The zero-order chi connectivity index (χ0) is 18.9. The van der Waals surface area contributed by atoms with Crippen LogP contribution in [0.5, 0.6) is 0 Å². The van der Waals surface area contributed by atoms with Crippen LogP contribution >= 0.6 is 0 Å². The third kappa shape index (κ3) is 4.03. The van der Waals surface area contributed by atoms with Gasteiger partial charge in [0.25, 0.3) is 5.56 Å². The van der Waals surface area contributed by atoms with E-state index < -0.39 is 0 Å². The zero-order valence-corrected chi connectivity index (χ0v) is 16.1. The van der Waals surface area contributed by atoms with Crippen molar-refractivity contribution in [2.24, 2.45) is 5.92 Å². The van der Waals surface area contributed by atoms with Crippen LogP contribution in [0.25, 0.3) is 0 Å². The molecule has 8 heteroatoms. The van der Waals surface area contributed by atoms with Crippen LogP contribution in [0.15, 0.2) is 21.7 Å². The first-order valence-electron chi connectivity index (χ1n) is 10.4. The van der Waals surface area contributed by atoms with Gasteiger partial charge in [-0.15, -0.1) is 0 Å². The van der Waals surface area contributed by atoms with Crippen LogP contribution < -0.4 is 5.56 Å². The van der Waals surface area contributed by atoms with Gasteiger partial charge in [-0.25, -0.2) is 4.98 Å². The van der Waals surface area contributed by atoms with Crippen LogP contribution in [-0.2, 0) is 17.8 Å². The molecule has 8 nitrogen and oxygen atoms in total. The molecule has 5 rings (SSSR count). The summed E-state index contributed by atoms with van der Waals surface area (Å²) in [7, 11) is 0. The van der Waals surface area contributed by atoms with Crippen LogP contribution in [0.4, 0.5) is 0 Å². The summed E-state index contributed by atoms with van der Waals surface area (Å²) in [5.41, 5.74) is 1.06. The summed E-state index contributed by atoms with van der Waals surface area (Å²) >= 11 is 0. The predicted molar refractivity (Wildman–Crippen MR) is 101 cm³/mol. The highest BCUT2D eigenvalue weighted by Crippen LogP contribution is 2.38.